The molecule has 0 spiro atoms. The van der Waals surface area contributed by atoms with Crippen molar-refractivity contribution in [2.24, 2.45) is 5.92 Å². The van der Waals surface area contributed by atoms with Crippen molar-refractivity contribution in [1.82, 2.24) is 9.62 Å². The molecule has 1 unspecified atom stereocenters. The predicted molar refractivity (Wildman–Crippen MR) is 111 cm³/mol. The van der Waals surface area contributed by atoms with Crippen LogP contribution in [0, 0.1) is 5.92 Å². The molecule has 0 saturated carbocycles. The summed E-state index contributed by atoms with van der Waals surface area (Å²) in [5.74, 6) is 0.570. The van der Waals surface area contributed by atoms with Gasteiger partial charge in [0.15, 0.2) is 0 Å². The molecule has 28 heavy (non-hydrogen) atoms. The fourth-order valence-electron chi connectivity index (χ4n) is 3.40. The number of amides is 1. The van der Waals surface area contributed by atoms with Gasteiger partial charge in [-0.25, -0.2) is 8.42 Å². The van der Waals surface area contributed by atoms with Crippen molar-refractivity contribution < 1.29 is 13.2 Å². The molecule has 5 nitrogen and oxygen atoms in total. The second-order valence-electron chi connectivity index (χ2n) is 7.63. The lowest BCUT2D eigenvalue weighted by Crippen LogP contribution is -2.37. The largest absolute Gasteiger partial charge is 0.351 e. The summed E-state index contributed by atoms with van der Waals surface area (Å²) in [6.07, 6.45) is 1.78. The summed E-state index contributed by atoms with van der Waals surface area (Å²) in [6.45, 7) is 5.85. The number of rotatable bonds is 6. The molecular weight excluding hydrogens is 372 g/mol. The van der Waals surface area contributed by atoms with E-state index < -0.39 is 10.0 Å². The van der Waals surface area contributed by atoms with E-state index in [-0.39, 0.29) is 16.7 Å². The van der Waals surface area contributed by atoms with E-state index in [0.717, 1.165) is 12.8 Å². The monoisotopic (exact) mass is 400 g/mol. The van der Waals surface area contributed by atoms with Crippen LogP contribution in [0.4, 0.5) is 0 Å². The van der Waals surface area contributed by atoms with Crippen LogP contribution in [-0.2, 0) is 10.0 Å². The van der Waals surface area contributed by atoms with Gasteiger partial charge in [-0.3, -0.25) is 4.79 Å². The summed E-state index contributed by atoms with van der Waals surface area (Å²) in [4.78, 5) is 12.7. The molecule has 150 valence electrons. The van der Waals surface area contributed by atoms with Gasteiger partial charge in [0.05, 0.1) is 4.90 Å². The van der Waals surface area contributed by atoms with E-state index >= 15 is 0 Å². The molecule has 1 fully saturated rings. The van der Waals surface area contributed by atoms with Gasteiger partial charge in [-0.15, -0.1) is 0 Å². The number of hydrogen-bond donors (Lipinski definition) is 1. The summed E-state index contributed by atoms with van der Waals surface area (Å²) < 4.78 is 27.1. The maximum atomic E-state index is 12.8. The fraction of sp³-hybridized carbons (Fsp3) is 0.409. The second-order valence-corrected chi connectivity index (χ2v) is 9.57. The number of carbonyl (C=O) groups is 1. The van der Waals surface area contributed by atoms with Crippen molar-refractivity contribution in [2.75, 3.05) is 19.6 Å². The molecule has 1 aliphatic rings. The number of benzene rings is 2. The molecule has 0 aliphatic carbocycles. The molecule has 0 aromatic heterocycles. The Balaban J connectivity index is 1.61. The number of nitrogens with zero attached hydrogens (tertiary/aromatic N) is 1. The van der Waals surface area contributed by atoms with Crippen molar-refractivity contribution in [3.8, 4) is 0 Å². The van der Waals surface area contributed by atoms with Gasteiger partial charge in [0.2, 0.25) is 10.0 Å². The van der Waals surface area contributed by atoms with E-state index in [0.29, 0.717) is 31.1 Å². The highest BCUT2D eigenvalue weighted by atomic mass is 32.2. The third kappa shape index (κ3) is 4.80. The van der Waals surface area contributed by atoms with Gasteiger partial charge >= 0.3 is 0 Å². The van der Waals surface area contributed by atoms with Crippen molar-refractivity contribution >= 4 is 15.9 Å². The van der Waals surface area contributed by atoms with E-state index in [4.69, 9.17) is 0 Å². The summed E-state index contributed by atoms with van der Waals surface area (Å²) >= 11 is 0. The standard InChI is InChI=1S/C22H28N2O3S/c1-17-12-14-24(15-13-17)28(26,27)21-10-8-20(9-11-21)22(25)23-16-18(2)19-6-4-3-5-7-19/h3-11,17-18H,12-16H2,1-2H3,(H,23,25). The van der Waals surface area contributed by atoms with Crippen LogP contribution >= 0.6 is 0 Å². The lowest BCUT2D eigenvalue weighted by Gasteiger charge is -2.29. The third-order valence-electron chi connectivity index (χ3n) is 5.43. The molecule has 0 radical (unpaired) electrons. The molecule has 2 aromatic rings. The van der Waals surface area contributed by atoms with Gasteiger partial charge in [-0.2, -0.15) is 4.31 Å². The number of hydrogen-bond acceptors (Lipinski definition) is 3. The molecule has 6 heteroatoms. The first-order valence-corrected chi connectivity index (χ1v) is 11.3. The smallest absolute Gasteiger partial charge is 0.251 e. The van der Waals surface area contributed by atoms with E-state index in [1.165, 1.54) is 17.7 Å². The van der Waals surface area contributed by atoms with E-state index in [2.05, 4.69) is 19.2 Å². The zero-order chi connectivity index (χ0) is 20.1. The molecule has 3 rings (SSSR count). The highest BCUT2D eigenvalue weighted by Gasteiger charge is 2.28. The Morgan fingerprint density at radius 3 is 2.29 bits per heavy atom. The SMILES string of the molecule is CC1CCN(S(=O)(=O)c2ccc(C(=O)NCC(C)c3ccccc3)cc2)CC1. The van der Waals surface area contributed by atoms with Gasteiger partial charge in [0.25, 0.3) is 5.91 Å². The maximum Gasteiger partial charge on any atom is 0.251 e. The number of piperidine rings is 1. The molecule has 1 saturated heterocycles. The Morgan fingerprint density at radius 1 is 1.07 bits per heavy atom. The third-order valence-corrected chi connectivity index (χ3v) is 7.35. The highest BCUT2D eigenvalue weighted by Crippen LogP contribution is 2.23. The second kappa shape index (κ2) is 8.88. The Labute approximate surface area is 167 Å². The number of carbonyl (C=O) groups excluding carboxylic acids is 1. The average Bonchev–Trinajstić information content (AvgIpc) is 2.73. The Hall–Kier alpha value is -2.18. The number of nitrogens with one attached hydrogen (secondary N) is 1. The van der Waals surface area contributed by atoms with Crippen LogP contribution < -0.4 is 5.32 Å². The van der Waals surface area contributed by atoms with Crippen molar-refractivity contribution in [3.05, 3.63) is 65.7 Å². The quantitative estimate of drug-likeness (QED) is 0.805. The van der Waals surface area contributed by atoms with Crippen LogP contribution in [0.2, 0.25) is 0 Å². The van der Waals surface area contributed by atoms with E-state index in [1.807, 2.05) is 30.3 Å². The summed E-state index contributed by atoms with van der Waals surface area (Å²) in [6, 6.07) is 16.2. The predicted octanol–water partition coefficient (Wildman–Crippen LogP) is 3.64. The van der Waals surface area contributed by atoms with Crippen molar-refractivity contribution in [1.29, 1.82) is 0 Å². The molecule has 0 bridgehead atoms. The minimum atomic E-state index is -3.49. The zero-order valence-electron chi connectivity index (χ0n) is 16.5. The number of sulfonamides is 1. The van der Waals surface area contributed by atoms with Crippen molar-refractivity contribution in [2.45, 2.75) is 37.5 Å². The molecule has 1 atom stereocenters. The first-order chi connectivity index (χ1) is 13.4. The molecule has 1 amide bonds. The molecule has 1 N–H and O–H groups in total. The van der Waals surface area contributed by atoms with Crippen LogP contribution in [0.1, 0.15) is 48.5 Å². The molecule has 1 heterocycles. The first kappa shape index (κ1) is 20.6. The highest BCUT2D eigenvalue weighted by molar-refractivity contribution is 7.89. The summed E-state index contributed by atoms with van der Waals surface area (Å²) in [5, 5.41) is 2.92. The lowest BCUT2D eigenvalue weighted by atomic mass is 10.0. The normalized spacial score (nSPS) is 17.2. The first-order valence-electron chi connectivity index (χ1n) is 9.81. The average molecular weight is 401 g/mol. The molecule has 2 aromatic carbocycles. The van der Waals surface area contributed by atoms with E-state index in [9.17, 15) is 13.2 Å². The van der Waals surface area contributed by atoms with Gasteiger partial charge in [-0.1, -0.05) is 44.2 Å². The zero-order valence-corrected chi connectivity index (χ0v) is 17.3. The van der Waals surface area contributed by atoms with Crippen molar-refractivity contribution in [3.63, 3.8) is 0 Å². The fourth-order valence-corrected chi connectivity index (χ4v) is 4.87. The van der Waals surface area contributed by atoms with Gasteiger partial charge < -0.3 is 5.32 Å². The van der Waals surface area contributed by atoms with Gasteiger partial charge in [-0.05, 0) is 54.5 Å². The van der Waals surface area contributed by atoms with E-state index in [1.54, 1.807) is 16.4 Å². The van der Waals surface area contributed by atoms with Crippen LogP contribution in [-0.4, -0.2) is 38.3 Å². The maximum absolute atomic E-state index is 12.8. The molecular formula is C22H28N2O3S. The van der Waals surface area contributed by atoms with Gasteiger partial charge in [0, 0.05) is 25.2 Å². The van der Waals surface area contributed by atoms with Crippen LogP contribution in [0.15, 0.2) is 59.5 Å². The van der Waals surface area contributed by atoms with Crippen LogP contribution in [0.5, 0.6) is 0 Å². The topological polar surface area (TPSA) is 66.5 Å². The Morgan fingerprint density at radius 2 is 1.68 bits per heavy atom. The Kier molecular flexibility index (Phi) is 6.52. The minimum Gasteiger partial charge on any atom is -0.351 e. The Bertz CT molecular complexity index is 887. The molecule has 1 aliphatic heterocycles. The van der Waals surface area contributed by atoms with Gasteiger partial charge in [0.1, 0.15) is 0 Å². The summed E-state index contributed by atoms with van der Waals surface area (Å²) in [5.41, 5.74) is 1.63. The lowest BCUT2D eigenvalue weighted by molar-refractivity contribution is 0.0951. The van der Waals surface area contributed by atoms with Crippen LogP contribution in [0.3, 0.4) is 0 Å². The van der Waals surface area contributed by atoms with Crippen LogP contribution in [0.25, 0.3) is 0 Å². The minimum absolute atomic E-state index is 0.196. The summed E-state index contributed by atoms with van der Waals surface area (Å²) in [7, 11) is -3.49.